The Bertz CT molecular complexity index is 1500. The van der Waals surface area contributed by atoms with Crippen molar-refractivity contribution in [1.82, 2.24) is 4.31 Å². The number of nitrogens with zero attached hydrogens (tertiary/aromatic N) is 1. The van der Waals surface area contributed by atoms with Crippen LogP contribution in [0.2, 0.25) is 10.0 Å². The number of para-hydroxylation sites is 1. The number of halogens is 2. The van der Waals surface area contributed by atoms with Crippen LogP contribution in [0.1, 0.15) is 11.1 Å². The number of carbonyl (C=O) groups is 1. The van der Waals surface area contributed by atoms with Crippen LogP contribution in [0.15, 0.2) is 112 Å². The second kappa shape index (κ2) is 12.2. The highest BCUT2D eigenvalue weighted by Gasteiger charge is 2.28. The number of hydrogen-bond acceptors (Lipinski definition) is 4. The Morgan fingerprint density at radius 3 is 2.27 bits per heavy atom. The van der Waals surface area contributed by atoms with Gasteiger partial charge in [0.2, 0.25) is 15.9 Å². The number of nitrogens with one attached hydrogen (secondary N) is 1. The third kappa shape index (κ3) is 7.15. The zero-order chi connectivity index (χ0) is 26.4. The van der Waals surface area contributed by atoms with Crippen molar-refractivity contribution in [1.29, 1.82) is 0 Å². The number of anilines is 1. The van der Waals surface area contributed by atoms with Crippen molar-refractivity contribution in [2.24, 2.45) is 0 Å². The third-order valence-electron chi connectivity index (χ3n) is 5.47. The number of hydrogen-bond donors (Lipinski definition) is 1. The lowest BCUT2D eigenvalue weighted by atomic mass is 10.2. The smallest absolute Gasteiger partial charge is 0.243 e. The van der Waals surface area contributed by atoms with E-state index >= 15 is 0 Å². The van der Waals surface area contributed by atoms with E-state index in [0.29, 0.717) is 21.3 Å². The molecule has 0 aliphatic heterocycles. The van der Waals surface area contributed by atoms with E-state index in [9.17, 15) is 13.2 Å². The van der Waals surface area contributed by atoms with Crippen LogP contribution in [0.5, 0.6) is 0 Å². The second-order valence-corrected chi connectivity index (χ2v) is 12.2. The van der Waals surface area contributed by atoms with Gasteiger partial charge in [0.25, 0.3) is 0 Å². The van der Waals surface area contributed by atoms with Gasteiger partial charge in [-0.25, -0.2) is 8.42 Å². The molecule has 1 N–H and O–H groups in total. The normalized spacial score (nSPS) is 11.5. The van der Waals surface area contributed by atoms with E-state index in [1.54, 1.807) is 36.4 Å². The van der Waals surface area contributed by atoms with Gasteiger partial charge in [-0.2, -0.15) is 4.31 Å². The lowest BCUT2D eigenvalue weighted by Gasteiger charge is -2.23. The fraction of sp³-hybridized carbons (Fsp3) is 0.107. The van der Waals surface area contributed by atoms with Crippen LogP contribution in [-0.4, -0.2) is 25.2 Å². The maximum atomic E-state index is 13.6. The summed E-state index contributed by atoms with van der Waals surface area (Å²) in [6.45, 7) is 1.37. The molecule has 0 unspecified atom stereocenters. The first-order chi connectivity index (χ1) is 17.7. The predicted octanol–water partition coefficient (Wildman–Crippen LogP) is 7.28. The maximum absolute atomic E-state index is 13.6. The van der Waals surface area contributed by atoms with Crippen LogP contribution in [0, 0.1) is 6.92 Å². The van der Waals surface area contributed by atoms with Gasteiger partial charge in [0.05, 0.1) is 17.1 Å². The van der Waals surface area contributed by atoms with E-state index in [1.165, 1.54) is 23.9 Å². The van der Waals surface area contributed by atoms with Gasteiger partial charge in [-0.15, -0.1) is 0 Å². The Morgan fingerprint density at radius 1 is 0.892 bits per heavy atom. The quantitative estimate of drug-likeness (QED) is 0.229. The summed E-state index contributed by atoms with van der Waals surface area (Å²) in [4.78, 5) is 15.2. The summed E-state index contributed by atoms with van der Waals surface area (Å²) in [6, 6.07) is 28.5. The highest BCUT2D eigenvalue weighted by molar-refractivity contribution is 7.99. The van der Waals surface area contributed by atoms with Crippen molar-refractivity contribution in [3.05, 3.63) is 118 Å². The van der Waals surface area contributed by atoms with Crippen LogP contribution in [0.3, 0.4) is 0 Å². The number of rotatable bonds is 9. The fourth-order valence-electron chi connectivity index (χ4n) is 3.55. The molecular weight excluding hydrogens is 547 g/mol. The van der Waals surface area contributed by atoms with E-state index < -0.39 is 22.5 Å². The van der Waals surface area contributed by atoms with Crippen LogP contribution in [-0.2, 0) is 21.4 Å². The SMILES string of the molecule is Cc1ccc(S(=O)(=O)N(CC(=O)Nc2ccccc2Sc2ccccc2)Cc2ccc(Cl)cc2Cl)cc1. The molecule has 9 heteroatoms. The predicted molar refractivity (Wildman–Crippen MR) is 151 cm³/mol. The van der Waals surface area contributed by atoms with Gasteiger partial charge in [-0.1, -0.05) is 89.1 Å². The van der Waals surface area contributed by atoms with E-state index in [1.807, 2.05) is 55.5 Å². The number of carbonyl (C=O) groups excluding carboxylic acids is 1. The van der Waals surface area contributed by atoms with Gasteiger partial charge in [0.15, 0.2) is 0 Å². The molecule has 4 rings (SSSR count). The Labute approximate surface area is 231 Å². The first kappa shape index (κ1) is 27.2. The van der Waals surface area contributed by atoms with Gasteiger partial charge < -0.3 is 5.32 Å². The van der Waals surface area contributed by atoms with Gasteiger partial charge >= 0.3 is 0 Å². The van der Waals surface area contributed by atoms with Crippen molar-refractivity contribution < 1.29 is 13.2 Å². The van der Waals surface area contributed by atoms with E-state index in [0.717, 1.165) is 19.7 Å². The van der Waals surface area contributed by atoms with Gasteiger partial charge in [-0.05, 0) is 61.0 Å². The molecule has 0 saturated carbocycles. The molecule has 0 saturated heterocycles. The molecule has 0 atom stereocenters. The summed E-state index contributed by atoms with van der Waals surface area (Å²) < 4.78 is 28.3. The standard InChI is InChI=1S/C28H24Cl2N2O3S2/c1-20-11-15-24(16-12-20)37(34,35)32(18-21-13-14-22(29)17-25(21)30)19-28(33)31-26-9-5-6-10-27(26)36-23-7-3-2-4-8-23/h2-17H,18-19H2,1H3,(H,31,33). The average Bonchev–Trinajstić information content (AvgIpc) is 2.87. The molecule has 0 radical (unpaired) electrons. The zero-order valence-electron chi connectivity index (χ0n) is 19.9. The Balaban J connectivity index is 1.60. The number of amides is 1. The monoisotopic (exact) mass is 570 g/mol. The van der Waals surface area contributed by atoms with E-state index in [2.05, 4.69) is 5.32 Å². The van der Waals surface area contributed by atoms with Crippen LogP contribution in [0.4, 0.5) is 5.69 Å². The van der Waals surface area contributed by atoms with E-state index in [4.69, 9.17) is 23.2 Å². The molecular formula is C28H24Cl2N2O3S2. The average molecular weight is 572 g/mol. The van der Waals surface area contributed by atoms with Crippen molar-refractivity contribution in [3.8, 4) is 0 Å². The van der Waals surface area contributed by atoms with Crippen molar-refractivity contribution in [2.75, 3.05) is 11.9 Å². The molecule has 4 aromatic rings. The summed E-state index contributed by atoms with van der Waals surface area (Å²) in [5, 5.41) is 3.64. The molecule has 0 heterocycles. The largest absolute Gasteiger partial charge is 0.324 e. The third-order valence-corrected chi connectivity index (χ3v) is 8.95. The van der Waals surface area contributed by atoms with Gasteiger partial charge in [0.1, 0.15) is 0 Å². The molecule has 190 valence electrons. The molecule has 0 aliphatic carbocycles. The topological polar surface area (TPSA) is 66.5 Å². The number of aryl methyl sites for hydroxylation is 1. The minimum atomic E-state index is -4.01. The van der Waals surface area contributed by atoms with Crippen molar-refractivity contribution >= 4 is 56.6 Å². The highest BCUT2D eigenvalue weighted by Crippen LogP contribution is 2.33. The first-order valence-corrected chi connectivity index (χ1v) is 14.4. The lowest BCUT2D eigenvalue weighted by molar-refractivity contribution is -0.116. The molecule has 37 heavy (non-hydrogen) atoms. The maximum Gasteiger partial charge on any atom is 0.243 e. The van der Waals surface area contributed by atoms with Crippen LogP contribution >= 0.6 is 35.0 Å². The summed E-state index contributed by atoms with van der Waals surface area (Å²) in [5.41, 5.74) is 2.06. The molecule has 0 fully saturated rings. The Morgan fingerprint density at radius 2 is 1.57 bits per heavy atom. The molecule has 5 nitrogen and oxygen atoms in total. The lowest BCUT2D eigenvalue weighted by Crippen LogP contribution is -2.37. The molecule has 0 aromatic heterocycles. The molecule has 4 aromatic carbocycles. The first-order valence-electron chi connectivity index (χ1n) is 11.3. The molecule has 0 spiro atoms. The Hall–Kier alpha value is -2.81. The molecule has 0 bridgehead atoms. The minimum absolute atomic E-state index is 0.0935. The van der Waals surface area contributed by atoms with Crippen molar-refractivity contribution in [3.63, 3.8) is 0 Å². The second-order valence-electron chi connectivity index (χ2n) is 8.28. The van der Waals surface area contributed by atoms with Crippen LogP contribution in [0.25, 0.3) is 0 Å². The van der Waals surface area contributed by atoms with Gasteiger partial charge in [-0.3, -0.25) is 4.79 Å². The number of benzene rings is 4. The summed E-state index contributed by atoms with van der Waals surface area (Å²) in [6.07, 6.45) is 0. The Kier molecular flexibility index (Phi) is 8.95. The summed E-state index contributed by atoms with van der Waals surface area (Å²) in [5.74, 6) is -0.470. The molecule has 1 amide bonds. The zero-order valence-corrected chi connectivity index (χ0v) is 23.0. The van der Waals surface area contributed by atoms with E-state index in [-0.39, 0.29) is 11.4 Å². The van der Waals surface area contributed by atoms with Gasteiger partial charge in [0, 0.05) is 26.4 Å². The molecule has 0 aliphatic rings. The minimum Gasteiger partial charge on any atom is -0.324 e. The highest BCUT2D eigenvalue weighted by atomic mass is 35.5. The number of sulfonamides is 1. The summed E-state index contributed by atoms with van der Waals surface area (Å²) in [7, 11) is -4.01. The fourth-order valence-corrected chi connectivity index (χ4v) is 6.31. The van der Waals surface area contributed by atoms with Crippen LogP contribution < -0.4 is 5.32 Å². The summed E-state index contributed by atoms with van der Waals surface area (Å²) >= 11 is 13.9. The van der Waals surface area contributed by atoms with Crippen molar-refractivity contribution in [2.45, 2.75) is 28.2 Å².